The van der Waals surface area contributed by atoms with E-state index in [-0.39, 0.29) is 17.2 Å². The molecule has 0 unspecified atom stereocenters. The lowest BCUT2D eigenvalue weighted by Gasteiger charge is -2.14. The molecule has 1 N–H and O–H groups in total. The van der Waals surface area contributed by atoms with E-state index in [1.54, 1.807) is 10.6 Å². The molecule has 33 heavy (non-hydrogen) atoms. The Morgan fingerprint density at radius 2 is 1.70 bits per heavy atom. The van der Waals surface area contributed by atoms with E-state index in [2.05, 4.69) is 24.4 Å². The molecule has 3 aromatic carbocycles. The third kappa shape index (κ3) is 5.71. The van der Waals surface area contributed by atoms with Crippen molar-refractivity contribution in [1.82, 2.24) is 9.55 Å². The molecule has 1 amide bonds. The van der Waals surface area contributed by atoms with Crippen LogP contribution >= 0.6 is 11.8 Å². The SMILES string of the molecule is CCc1ccccc1NC(=O)CSc1nc2ccccc2c(=O)n1CCCc1ccccc1. The highest BCUT2D eigenvalue weighted by Crippen LogP contribution is 2.20. The average Bonchev–Trinajstić information content (AvgIpc) is 2.85. The van der Waals surface area contributed by atoms with Crippen LogP contribution in [0.5, 0.6) is 0 Å². The van der Waals surface area contributed by atoms with Crippen LogP contribution in [0.1, 0.15) is 24.5 Å². The third-order valence-electron chi connectivity index (χ3n) is 5.52. The maximum absolute atomic E-state index is 13.2. The average molecular weight is 458 g/mol. The highest BCUT2D eigenvalue weighted by atomic mass is 32.2. The molecule has 0 radical (unpaired) electrons. The fourth-order valence-electron chi connectivity index (χ4n) is 3.81. The Labute approximate surface area is 197 Å². The fourth-order valence-corrected chi connectivity index (χ4v) is 4.63. The highest BCUT2D eigenvalue weighted by Gasteiger charge is 2.14. The molecule has 0 aliphatic carbocycles. The summed E-state index contributed by atoms with van der Waals surface area (Å²) in [5.41, 5.74) is 3.76. The van der Waals surface area contributed by atoms with Gasteiger partial charge in [0.1, 0.15) is 0 Å². The van der Waals surface area contributed by atoms with Crippen LogP contribution in [0.25, 0.3) is 10.9 Å². The number of aromatic nitrogens is 2. The molecule has 1 heterocycles. The summed E-state index contributed by atoms with van der Waals surface area (Å²) >= 11 is 1.30. The summed E-state index contributed by atoms with van der Waals surface area (Å²) in [7, 11) is 0. The van der Waals surface area contributed by atoms with Gasteiger partial charge in [-0.25, -0.2) is 4.98 Å². The van der Waals surface area contributed by atoms with Gasteiger partial charge in [-0.3, -0.25) is 14.2 Å². The molecule has 0 aliphatic rings. The number of carbonyl (C=O) groups excluding carboxylic acids is 1. The Bertz CT molecular complexity index is 1300. The molecule has 0 aliphatic heterocycles. The van der Waals surface area contributed by atoms with Crippen LogP contribution < -0.4 is 10.9 Å². The Morgan fingerprint density at radius 1 is 0.970 bits per heavy atom. The van der Waals surface area contributed by atoms with Crippen LogP contribution in [-0.4, -0.2) is 21.2 Å². The van der Waals surface area contributed by atoms with Gasteiger partial charge in [-0.05, 0) is 48.6 Å². The Balaban J connectivity index is 1.52. The minimum atomic E-state index is -0.112. The second-order valence-corrected chi connectivity index (χ2v) is 8.75. The van der Waals surface area contributed by atoms with Crippen LogP contribution in [0.2, 0.25) is 0 Å². The molecule has 4 rings (SSSR count). The quantitative estimate of drug-likeness (QED) is 0.273. The number of benzene rings is 3. The number of hydrogen-bond donors (Lipinski definition) is 1. The molecule has 0 atom stereocenters. The monoisotopic (exact) mass is 457 g/mol. The van der Waals surface area contributed by atoms with E-state index < -0.39 is 0 Å². The number of fused-ring (bicyclic) bond motifs is 1. The van der Waals surface area contributed by atoms with E-state index in [0.29, 0.717) is 22.6 Å². The summed E-state index contributed by atoms with van der Waals surface area (Å²) in [5.74, 6) is 0.0702. The summed E-state index contributed by atoms with van der Waals surface area (Å²) in [6.45, 7) is 2.61. The van der Waals surface area contributed by atoms with Gasteiger partial charge in [0.25, 0.3) is 5.56 Å². The van der Waals surface area contributed by atoms with Gasteiger partial charge in [0, 0.05) is 12.2 Å². The zero-order valence-electron chi connectivity index (χ0n) is 18.7. The summed E-state index contributed by atoms with van der Waals surface area (Å²) in [4.78, 5) is 30.6. The van der Waals surface area contributed by atoms with Crippen LogP contribution in [0.4, 0.5) is 5.69 Å². The molecule has 4 aromatic rings. The van der Waals surface area contributed by atoms with Crippen molar-refractivity contribution in [2.24, 2.45) is 0 Å². The number of carbonyl (C=O) groups is 1. The van der Waals surface area contributed by atoms with E-state index in [4.69, 9.17) is 4.98 Å². The summed E-state index contributed by atoms with van der Waals surface area (Å²) in [6, 6.07) is 25.4. The second-order valence-electron chi connectivity index (χ2n) is 7.81. The number of aryl methyl sites for hydroxylation is 2. The van der Waals surface area contributed by atoms with E-state index in [9.17, 15) is 9.59 Å². The molecule has 0 bridgehead atoms. The van der Waals surface area contributed by atoms with Crippen molar-refractivity contribution in [2.45, 2.75) is 37.9 Å². The predicted molar refractivity (Wildman–Crippen MR) is 136 cm³/mol. The first-order valence-corrected chi connectivity index (χ1v) is 12.2. The standard InChI is InChI=1S/C27H27N3O2S/c1-2-21-14-6-8-16-23(21)28-25(31)19-33-27-29-24-17-9-7-15-22(24)26(32)30(27)18-10-13-20-11-4-3-5-12-20/h3-9,11-12,14-17H,2,10,13,18-19H2,1H3,(H,28,31). The second kappa shape index (κ2) is 11.0. The van der Waals surface area contributed by atoms with Gasteiger partial charge in [-0.1, -0.05) is 79.3 Å². The number of nitrogens with zero attached hydrogens (tertiary/aromatic N) is 2. The molecule has 0 saturated carbocycles. The molecule has 0 spiro atoms. The van der Waals surface area contributed by atoms with Crippen molar-refractivity contribution < 1.29 is 4.79 Å². The van der Waals surface area contributed by atoms with Crippen LogP contribution in [-0.2, 0) is 24.2 Å². The zero-order valence-corrected chi connectivity index (χ0v) is 19.5. The predicted octanol–water partition coefficient (Wildman–Crippen LogP) is 5.32. The van der Waals surface area contributed by atoms with E-state index >= 15 is 0 Å². The van der Waals surface area contributed by atoms with Crippen LogP contribution in [0, 0.1) is 0 Å². The molecular weight excluding hydrogens is 430 g/mol. The zero-order chi connectivity index (χ0) is 23.0. The largest absolute Gasteiger partial charge is 0.325 e. The molecule has 0 fully saturated rings. The van der Waals surface area contributed by atoms with Gasteiger partial charge in [0.15, 0.2) is 5.16 Å². The summed E-state index contributed by atoms with van der Waals surface area (Å²) in [6.07, 6.45) is 2.53. The number of nitrogens with one attached hydrogen (secondary N) is 1. The van der Waals surface area contributed by atoms with Gasteiger partial charge in [-0.15, -0.1) is 0 Å². The lowest BCUT2D eigenvalue weighted by molar-refractivity contribution is -0.113. The number of hydrogen-bond acceptors (Lipinski definition) is 4. The van der Waals surface area contributed by atoms with Crippen molar-refractivity contribution in [3.63, 3.8) is 0 Å². The van der Waals surface area contributed by atoms with Gasteiger partial charge in [0.2, 0.25) is 5.91 Å². The topological polar surface area (TPSA) is 64.0 Å². The molecule has 6 heteroatoms. The first kappa shape index (κ1) is 22.8. The minimum absolute atomic E-state index is 0.0621. The van der Waals surface area contributed by atoms with E-state index in [1.807, 2.05) is 60.7 Å². The maximum Gasteiger partial charge on any atom is 0.262 e. The lowest BCUT2D eigenvalue weighted by atomic mass is 10.1. The maximum atomic E-state index is 13.2. The molecule has 0 saturated heterocycles. The van der Waals surface area contributed by atoms with Crippen LogP contribution in [0.15, 0.2) is 88.8 Å². The smallest absolute Gasteiger partial charge is 0.262 e. The minimum Gasteiger partial charge on any atom is -0.325 e. The number of rotatable bonds is 9. The van der Waals surface area contributed by atoms with Crippen molar-refractivity contribution in [1.29, 1.82) is 0 Å². The first-order chi connectivity index (χ1) is 16.2. The Morgan fingerprint density at radius 3 is 2.52 bits per heavy atom. The molecule has 5 nitrogen and oxygen atoms in total. The van der Waals surface area contributed by atoms with Crippen molar-refractivity contribution in [3.05, 3.63) is 100 Å². The normalized spacial score (nSPS) is 10.9. The van der Waals surface area contributed by atoms with Crippen LogP contribution in [0.3, 0.4) is 0 Å². The Kier molecular flexibility index (Phi) is 7.58. The van der Waals surface area contributed by atoms with Gasteiger partial charge in [0.05, 0.1) is 16.7 Å². The number of amides is 1. The third-order valence-corrected chi connectivity index (χ3v) is 6.50. The van der Waals surface area contributed by atoms with E-state index in [0.717, 1.165) is 30.5 Å². The van der Waals surface area contributed by atoms with Gasteiger partial charge >= 0.3 is 0 Å². The Hall–Kier alpha value is -3.38. The summed E-state index contributed by atoms with van der Waals surface area (Å²) in [5, 5.41) is 4.17. The van der Waals surface area contributed by atoms with Gasteiger partial charge in [-0.2, -0.15) is 0 Å². The summed E-state index contributed by atoms with van der Waals surface area (Å²) < 4.78 is 1.71. The molecule has 168 valence electrons. The first-order valence-electron chi connectivity index (χ1n) is 11.2. The number of para-hydroxylation sites is 2. The highest BCUT2D eigenvalue weighted by molar-refractivity contribution is 7.99. The lowest BCUT2D eigenvalue weighted by Crippen LogP contribution is -2.24. The fraction of sp³-hybridized carbons (Fsp3) is 0.222. The number of thioether (sulfide) groups is 1. The van der Waals surface area contributed by atoms with Crippen molar-refractivity contribution in [3.8, 4) is 0 Å². The van der Waals surface area contributed by atoms with E-state index in [1.165, 1.54) is 17.3 Å². The van der Waals surface area contributed by atoms with Crippen molar-refractivity contribution >= 4 is 34.3 Å². The molecule has 1 aromatic heterocycles. The molecular formula is C27H27N3O2S. The number of anilines is 1. The van der Waals surface area contributed by atoms with Crippen molar-refractivity contribution in [2.75, 3.05) is 11.1 Å². The van der Waals surface area contributed by atoms with Gasteiger partial charge < -0.3 is 5.32 Å².